The number of epoxide rings is 2. The molecule has 0 radical (unpaired) electrons. The zero-order valence-corrected chi connectivity index (χ0v) is 16.7. The van der Waals surface area contributed by atoms with Gasteiger partial charge in [0.15, 0.2) is 11.3 Å². The molecular weight excluding hydrogens is 544 g/mol. The maximum Gasteiger partial charge on any atom is 0.427 e. The van der Waals surface area contributed by atoms with Gasteiger partial charge < -0.3 is 9.47 Å². The van der Waals surface area contributed by atoms with Crippen LogP contribution in [0.1, 0.15) is 25.7 Å². The average Bonchev–Trinajstić information content (AvgIpc) is 3.47. The van der Waals surface area contributed by atoms with E-state index in [2.05, 4.69) is 9.47 Å². The summed E-state index contributed by atoms with van der Waals surface area (Å²) in [5.74, 6) is -13.9. The summed E-state index contributed by atoms with van der Waals surface area (Å²) in [5.41, 5.74) is -10.9. The summed E-state index contributed by atoms with van der Waals surface area (Å²) in [6, 6.07) is 0. The van der Waals surface area contributed by atoms with E-state index in [1.807, 2.05) is 4.74 Å². The van der Waals surface area contributed by atoms with E-state index in [1.165, 1.54) is 0 Å². The molecule has 35 heavy (non-hydrogen) atoms. The molecule has 0 aromatic carbocycles. The second-order valence-electron chi connectivity index (χ2n) is 8.12. The van der Waals surface area contributed by atoms with Gasteiger partial charge >= 0.3 is 36.4 Å². The Morgan fingerprint density at radius 2 is 0.771 bits per heavy atom. The molecular formula is C16H14F16O3. The number of hydrogen-bond donors (Lipinski definition) is 0. The Hall–Kier alpha value is -1.24. The van der Waals surface area contributed by atoms with Crippen LogP contribution in [0.5, 0.6) is 0 Å². The molecule has 19 heteroatoms. The van der Waals surface area contributed by atoms with Gasteiger partial charge in [-0.15, -0.1) is 0 Å². The second kappa shape index (κ2) is 8.66. The summed E-state index contributed by atoms with van der Waals surface area (Å²) in [4.78, 5) is 0. The molecule has 3 nitrogen and oxygen atoms in total. The predicted molar refractivity (Wildman–Crippen MR) is 78.6 cm³/mol. The molecule has 0 aromatic heterocycles. The molecule has 4 atom stereocenters. The first-order valence-electron chi connectivity index (χ1n) is 9.24. The van der Waals surface area contributed by atoms with Crippen LogP contribution in [0.4, 0.5) is 70.2 Å². The average molecular weight is 558 g/mol. The highest BCUT2D eigenvalue weighted by Crippen LogP contribution is 2.58. The number of rotatable bonds is 12. The van der Waals surface area contributed by atoms with Gasteiger partial charge in [-0.1, -0.05) is 0 Å². The van der Waals surface area contributed by atoms with E-state index in [1.54, 1.807) is 0 Å². The van der Waals surface area contributed by atoms with Crippen molar-refractivity contribution < 1.29 is 84.5 Å². The van der Waals surface area contributed by atoms with E-state index in [0.29, 0.717) is 0 Å². The van der Waals surface area contributed by atoms with Gasteiger partial charge in [0.05, 0.1) is 38.3 Å². The van der Waals surface area contributed by atoms with Crippen molar-refractivity contribution >= 4 is 0 Å². The first kappa shape index (κ1) is 30.0. The normalized spacial score (nSPS) is 25.7. The van der Waals surface area contributed by atoms with Gasteiger partial charge in [-0.05, 0) is 0 Å². The molecule has 0 spiro atoms. The van der Waals surface area contributed by atoms with Crippen molar-refractivity contribution in [2.75, 3.05) is 13.2 Å². The summed E-state index contributed by atoms with van der Waals surface area (Å²) >= 11 is 0. The minimum atomic E-state index is -7.22. The molecule has 0 saturated carbocycles. The van der Waals surface area contributed by atoms with Crippen LogP contribution in [-0.4, -0.2) is 73.2 Å². The van der Waals surface area contributed by atoms with Gasteiger partial charge in [-0.3, -0.25) is 0 Å². The van der Waals surface area contributed by atoms with Crippen LogP contribution in [0.15, 0.2) is 0 Å². The van der Waals surface area contributed by atoms with Crippen molar-refractivity contribution in [1.29, 1.82) is 0 Å². The van der Waals surface area contributed by atoms with E-state index in [0.717, 1.165) is 0 Å². The lowest BCUT2D eigenvalue weighted by atomic mass is 9.86. The van der Waals surface area contributed by atoms with Gasteiger partial charge in [0.2, 0.25) is 0 Å². The molecule has 4 unspecified atom stereocenters. The number of ether oxygens (including phenoxy) is 3. The quantitative estimate of drug-likeness (QED) is 0.207. The van der Waals surface area contributed by atoms with Crippen LogP contribution in [-0.2, 0) is 14.2 Å². The first-order valence-corrected chi connectivity index (χ1v) is 9.24. The van der Waals surface area contributed by atoms with E-state index in [9.17, 15) is 70.2 Å². The van der Waals surface area contributed by atoms with Crippen LogP contribution in [0.25, 0.3) is 0 Å². The van der Waals surface area contributed by atoms with Crippen molar-refractivity contribution in [3.63, 3.8) is 0 Å². The Morgan fingerprint density at radius 3 is 0.971 bits per heavy atom. The lowest BCUT2D eigenvalue weighted by molar-refractivity contribution is -0.492. The molecule has 2 fully saturated rings. The Labute approximate surface area is 184 Å². The minimum Gasteiger partial charge on any atom is -0.373 e. The molecule has 208 valence electrons. The molecule has 0 N–H and O–H groups in total. The van der Waals surface area contributed by atoms with Crippen LogP contribution in [0.3, 0.4) is 0 Å². The monoisotopic (exact) mass is 558 g/mol. The van der Waals surface area contributed by atoms with E-state index >= 15 is 0 Å². The van der Waals surface area contributed by atoms with Gasteiger partial charge in [0.25, 0.3) is 0 Å². The third-order valence-electron chi connectivity index (χ3n) is 4.98. The molecule has 0 bridgehead atoms. The van der Waals surface area contributed by atoms with E-state index in [-0.39, 0.29) is 0 Å². The zero-order valence-electron chi connectivity index (χ0n) is 16.7. The summed E-state index contributed by atoms with van der Waals surface area (Å²) in [6.45, 7) is -1.41. The maximum absolute atomic E-state index is 14.6. The molecule has 0 amide bonds. The molecule has 0 aliphatic carbocycles. The zero-order chi connectivity index (χ0) is 27.5. The fourth-order valence-corrected chi connectivity index (χ4v) is 3.16. The Balaban J connectivity index is 2.42. The SMILES string of the molecule is FC(F)(F)CC(F)(CC1CO1)C(F)(F)C(F)(F)OC(F)(F)C(F)(F)C(F)(CC1CO1)CC(F)(F)F. The van der Waals surface area contributed by atoms with E-state index in [4.69, 9.17) is 0 Å². The summed E-state index contributed by atoms with van der Waals surface area (Å²) < 4.78 is 228. The standard InChI is InChI=1S/C16H14F16O3/c17-9(1-7-3-33-7,5-11(19,20)21)13(25,26)15(29,30)35-16(31,32)14(27,28)10(18,2-8-4-34-8)6-12(22,23)24/h7-8H,1-6H2. The van der Waals surface area contributed by atoms with Crippen molar-refractivity contribution in [3.8, 4) is 0 Å². The number of hydrogen-bond acceptors (Lipinski definition) is 3. The van der Waals surface area contributed by atoms with Gasteiger partial charge in [-0.2, -0.15) is 61.5 Å². The van der Waals surface area contributed by atoms with Gasteiger partial charge in [0.1, 0.15) is 0 Å². The lowest BCUT2D eigenvalue weighted by Gasteiger charge is -2.42. The van der Waals surface area contributed by atoms with Crippen molar-refractivity contribution in [1.82, 2.24) is 0 Å². The van der Waals surface area contributed by atoms with Crippen LogP contribution in [0.2, 0.25) is 0 Å². The topological polar surface area (TPSA) is 34.3 Å². The van der Waals surface area contributed by atoms with Gasteiger partial charge in [0, 0.05) is 12.8 Å². The Bertz CT molecular complexity index is 695. The lowest BCUT2D eigenvalue weighted by Crippen LogP contribution is -2.65. The van der Waals surface area contributed by atoms with Crippen LogP contribution < -0.4 is 0 Å². The highest BCUT2D eigenvalue weighted by molar-refractivity contribution is 5.06. The summed E-state index contributed by atoms with van der Waals surface area (Å²) in [5, 5.41) is 0. The summed E-state index contributed by atoms with van der Waals surface area (Å²) in [7, 11) is 0. The largest absolute Gasteiger partial charge is 0.427 e. The summed E-state index contributed by atoms with van der Waals surface area (Å²) in [6.07, 6.45) is -41.2. The second-order valence-corrected chi connectivity index (χ2v) is 8.12. The van der Waals surface area contributed by atoms with E-state index < -0.39 is 98.9 Å². The highest BCUT2D eigenvalue weighted by Gasteiger charge is 2.81. The minimum absolute atomic E-state index is 0.703. The smallest absolute Gasteiger partial charge is 0.373 e. The fraction of sp³-hybridized carbons (Fsp3) is 1.00. The molecule has 2 aliphatic heterocycles. The maximum atomic E-state index is 14.6. The van der Waals surface area contributed by atoms with Crippen molar-refractivity contribution in [2.24, 2.45) is 0 Å². The molecule has 2 aliphatic rings. The highest BCUT2D eigenvalue weighted by atomic mass is 19.4. The Morgan fingerprint density at radius 1 is 0.514 bits per heavy atom. The molecule has 2 heterocycles. The van der Waals surface area contributed by atoms with Crippen LogP contribution >= 0.6 is 0 Å². The molecule has 0 aromatic rings. The third kappa shape index (κ3) is 6.56. The number of halogens is 16. The fourth-order valence-electron chi connectivity index (χ4n) is 3.16. The first-order chi connectivity index (χ1) is 15.3. The molecule has 2 rings (SSSR count). The predicted octanol–water partition coefficient (Wildman–Crippen LogP) is 6.36. The van der Waals surface area contributed by atoms with Crippen molar-refractivity contribution in [2.45, 2.75) is 85.6 Å². The molecule has 2 saturated heterocycles. The van der Waals surface area contributed by atoms with Crippen molar-refractivity contribution in [3.05, 3.63) is 0 Å². The van der Waals surface area contributed by atoms with Gasteiger partial charge in [-0.25, -0.2) is 13.5 Å². The van der Waals surface area contributed by atoms with Crippen LogP contribution in [0, 0.1) is 0 Å². The Kier molecular flexibility index (Phi) is 7.42. The number of alkyl halides is 16. The third-order valence-corrected chi connectivity index (χ3v) is 4.98.